The molecule has 0 saturated heterocycles. The second-order valence-corrected chi connectivity index (χ2v) is 6.52. The highest BCUT2D eigenvalue weighted by Crippen LogP contribution is 2.46. The predicted molar refractivity (Wildman–Crippen MR) is 88.8 cm³/mol. The van der Waals surface area contributed by atoms with Crippen LogP contribution in [0.5, 0.6) is 0 Å². The van der Waals surface area contributed by atoms with Crippen molar-refractivity contribution in [1.29, 1.82) is 0 Å². The largest absolute Gasteiger partial charge is 0.471 e. The summed E-state index contributed by atoms with van der Waals surface area (Å²) < 4.78 is 42.5. The second-order valence-electron chi connectivity index (χ2n) is 6.52. The second kappa shape index (κ2) is 7.13. The number of alkyl halides is 3. The van der Waals surface area contributed by atoms with E-state index in [1.807, 2.05) is 6.92 Å². The van der Waals surface area contributed by atoms with Crippen molar-refractivity contribution in [1.82, 2.24) is 15.5 Å². The van der Waals surface area contributed by atoms with E-state index < -0.39 is 18.0 Å². The highest BCUT2D eigenvalue weighted by Gasteiger charge is 2.39. The van der Waals surface area contributed by atoms with Crippen molar-refractivity contribution in [2.45, 2.75) is 51.6 Å². The number of benzene rings is 1. The zero-order chi connectivity index (χ0) is 19.8. The highest BCUT2D eigenvalue weighted by atomic mass is 19.4. The molecule has 9 heteroatoms. The number of carbonyl (C=O) groups excluding carboxylic acids is 2. The van der Waals surface area contributed by atoms with Crippen LogP contribution in [0.3, 0.4) is 0 Å². The average Bonchev–Trinajstić information content (AvgIpc) is 3.28. The summed E-state index contributed by atoms with van der Waals surface area (Å²) in [7, 11) is 0. The molecule has 6 nitrogen and oxygen atoms in total. The van der Waals surface area contributed by atoms with Crippen molar-refractivity contribution in [3.8, 4) is 11.4 Å². The molecule has 27 heavy (non-hydrogen) atoms. The van der Waals surface area contributed by atoms with Crippen LogP contribution in [0.4, 0.5) is 13.2 Å². The van der Waals surface area contributed by atoms with Gasteiger partial charge in [0.25, 0.3) is 5.91 Å². The fraction of sp³-hybridized carbons (Fsp3) is 0.444. The first-order valence-corrected chi connectivity index (χ1v) is 8.61. The Kier molecular flexibility index (Phi) is 5.03. The summed E-state index contributed by atoms with van der Waals surface area (Å²) in [5.74, 6) is -2.35. The molecule has 0 atom stereocenters. The van der Waals surface area contributed by atoms with Crippen molar-refractivity contribution < 1.29 is 27.3 Å². The van der Waals surface area contributed by atoms with Gasteiger partial charge < -0.3 is 4.52 Å². The highest BCUT2D eigenvalue weighted by molar-refractivity contribution is 6.06. The molecule has 2 aromatic rings. The van der Waals surface area contributed by atoms with Gasteiger partial charge >= 0.3 is 12.1 Å². The summed E-state index contributed by atoms with van der Waals surface area (Å²) in [6.07, 6.45) is -2.15. The molecular formula is C18H18F3N3O3. The molecule has 144 valence electrons. The summed E-state index contributed by atoms with van der Waals surface area (Å²) in [5.41, 5.74) is 2.05. The van der Waals surface area contributed by atoms with Crippen LogP contribution in [0.15, 0.2) is 16.7 Å². The maximum Gasteiger partial charge on any atom is 0.471 e. The number of hydrogen-bond donors (Lipinski definition) is 1. The lowest BCUT2D eigenvalue weighted by Crippen LogP contribution is -2.30. The smallest absolute Gasteiger partial charge is 0.329 e. The molecule has 0 aliphatic heterocycles. The van der Waals surface area contributed by atoms with Gasteiger partial charge in [-0.1, -0.05) is 12.1 Å². The monoisotopic (exact) mass is 381 g/mol. The molecule has 1 N–H and O–H groups in total. The summed E-state index contributed by atoms with van der Waals surface area (Å²) in [6.45, 7) is 3.54. The van der Waals surface area contributed by atoms with E-state index in [2.05, 4.69) is 20.0 Å². The average molecular weight is 381 g/mol. The van der Waals surface area contributed by atoms with E-state index in [4.69, 9.17) is 0 Å². The lowest BCUT2D eigenvalue weighted by atomic mass is 9.92. The number of amides is 2. The minimum atomic E-state index is -4.72. The topological polar surface area (TPSA) is 85.1 Å². The number of aromatic nitrogens is 2. The maximum atomic E-state index is 12.7. The number of halogens is 3. The van der Waals surface area contributed by atoms with Crippen molar-refractivity contribution in [2.75, 3.05) is 0 Å². The first-order valence-electron chi connectivity index (χ1n) is 8.61. The molecule has 1 aliphatic carbocycles. The van der Waals surface area contributed by atoms with Gasteiger partial charge in [-0.15, -0.1) is 0 Å². The van der Waals surface area contributed by atoms with Crippen LogP contribution >= 0.6 is 0 Å². The van der Waals surface area contributed by atoms with E-state index in [-0.39, 0.29) is 24.1 Å². The summed E-state index contributed by atoms with van der Waals surface area (Å²) in [5, 5.41) is 5.78. The van der Waals surface area contributed by atoms with E-state index in [0.717, 1.165) is 18.4 Å². The van der Waals surface area contributed by atoms with E-state index in [1.165, 1.54) is 12.1 Å². The molecule has 0 radical (unpaired) electrons. The van der Waals surface area contributed by atoms with Gasteiger partial charge in [0.15, 0.2) is 0 Å². The van der Waals surface area contributed by atoms with Crippen LogP contribution in [0.25, 0.3) is 11.4 Å². The first kappa shape index (κ1) is 19.1. The molecule has 1 aromatic carbocycles. The molecule has 2 amide bonds. The lowest BCUT2D eigenvalue weighted by molar-refractivity contribution is -0.159. The molecule has 1 fully saturated rings. The Balaban J connectivity index is 1.98. The molecule has 1 heterocycles. The minimum Gasteiger partial charge on any atom is -0.329 e. The van der Waals surface area contributed by atoms with Crippen LogP contribution in [0.1, 0.15) is 65.9 Å². The SMILES string of the molecule is CCCC(=O)NC(=O)c1ccc(-c2noc(C(F)(F)F)n2)c(C2CC2)c1C. The van der Waals surface area contributed by atoms with Crippen molar-refractivity contribution in [3.05, 3.63) is 34.7 Å². The number of nitrogens with one attached hydrogen (secondary N) is 1. The van der Waals surface area contributed by atoms with Crippen LogP contribution in [0.2, 0.25) is 0 Å². The van der Waals surface area contributed by atoms with Gasteiger partial charge in [0.1, 0.15) is 0 Å². The minimum absolute atomic E-state index is 0.118. The number of nitrogens with zero attached hydrogens (tertiary/aromatic N) is 2. The van der Waals surface area contributed by atoms with E-state index in [9.17, 15) is 22.8 Å². The Hall–Kier alpha value is -2.71. The molecule has 0 bridgehead atoms. The number of rotatable bonds is 5. The molecular weight excluding hydrogens is 363 g/mol. The molecule has 1 saturated carbocycles. The van der Waals surface area contributed by atoms with E-state index in [0.29, 0.717) is 23.1 Å². The zero-order valence-electron chi connectivity index (χ0n) is 14.8. The van der Waals surface area contributed by atoms with Gasteiger partial charge in [0, 0.05) is 17.5 Å². The van der Waals surface area contributed by atoms with Gasteiger partial charge in [-0.25, -0.2) is 0 Å². The van der Waals surface area contributed by atoms with Crippen molar-refractivity contribution in [2.24, 2.45) is 0 Å². The Morgan fingerprint density at radius 2 is 2.00 bits per heavy atom. The maximum absolute atomic E-state index is 12.7. The fourth-order valence-corrected chi connectivity index (χ4v) is 3.00. The Morgan fingerprint density at radius 1 is 1.30 bits per heavy atom. The predicted octanol–water partition coefficient (Wildman–Crippen LogP) is 4.00. The van der Waals surface area contributed by atoms with Crippen LogP contribution < -0.4 is 5.32 Å². The lowest BCUT2D eigenvalue weighted by Gasteiger charge is -2.14. The standard InChI is InChI=1S/C18H18F3N3O3/c1-3-4-13(25)22-16(26)11-7-8-12(14(9(11)2)10-5-6-10)15-23-17(27-24-15)18(19,20)21/h7-8,10H,3-6H2,1-2H3,(H,22,25,26). The number of carbonyl (C=O) groups is 2. The van der Waals surface area contributed by atoms with Gasteiger partial charge in [-0.05, 0) is 55.4 Å². The van der Waals surface area contributed by atoms with Gasteiger partial charge in [-0.2, -0.15) is 18.2 Å². The summed E-state index contributed by atoms with van der Waals surface area (Å²) in [6, 6.07) is 2.97. The van der Waals surface area contributed by atoms with Crippen LogP contribution in [-0.2, 0) is 11.0 Å². The molecule has 1 aromatic heterocycles. The Labute approximate surface area is 153 Å². The molecule has 0 unspecified atom stereocenters. The molecule has 3 rings (SSSR count). The Morgan fingerprint density at radius 3 is 2.56 bits per heavy atom. The summed E-state index contributed by atoms with van der Waals surface area (Å²) >= 11 is 0. The first-order chi connectivity index (χ1) is 12.7. The quantitative estimate of drug-likeness (QED) is 0.846. The van der Waals surface area contributed by atoms with Gasteiger partial charge in [0.05, 0.1) is 0 Å². The van der Waals surface area contributed by atoms with Crippen molar-refractivity contribution >= 4 is 11.8 Å². The summed E-state index contributed by atoms with van der Waals surface area (Å²) in [4.78, 5) is 27.5. The van der Waals surface area contributed by atoms with Crippen molar-refractivity contribution in [3.63, 3.8) is 0 Å². The van der Waals surface area contributed by atoms with E-state index in [1.54, 1.807) is 6.92 Å². The van der Waals surface area contributed by atoms with Gasteiger partial charge in [-0.3, -0.25) is 14.9 Å². The Bertz CT molecular complexity index is 886. The molecule has 1 aliphatic rings. The van der Waals surface area contributed by atoms with Gasteiger partial charge in [0.2, 0.25) is 11.7 Å². The third-order valence-corrected chi connectivity index (χ3v) is 4.38. The molecule has 0 spiro atoms. The number of hydrogen-bond acceptors (Lipinski definition) is 5. The third-order valence-electron chi connectivity index (χ3n) is 4.38. The fourth-order valence-electron chi connectivity index (χ4n) is 3.00. The van der Waals surface area contributed by atoms with E-state index >= 15 is 0 Å². The number of imide groups is 1. The third kappa shape index (κ3) is 4.01. The van der Waals surface area contributed by atoms with Crippen LogP contribution in [-0.4, -0.2) is 22.0 Å². The van der Waals surface area contributed by atoms with Crippen LogP contribution in [0, 0.1) is 6.92 Å². The zero-order valence-corrected chi connectivity index (χ0v) is 14.8. The normalized spacial score (nSPS) is 14.3.